The van der Waals surface area contributed by atoms with Crippen molar-refractivity contribution < 1.29 is 0 Å². The molecule has 1 aliphatic rings. The third kappa shape index (κ3) is 2.17. The van der Waals surface area contributed by atoms with Crippen molar-refractivity contribution in [2.45, 2.75) is 0 Å². The van der Waals surface area contributed by atoms with Crippen molar-refractivity contribution in [3.8, 4) is 18.2 Å². The fourth-order valence-electron chi connectivity index (χ4n) is 2.21. The van der Waals surface area contributed by atoms with Crippen LogP contribution >= 0.6 is 0 Å². The third-order valence-electron chi connectivity index (χ3n) is 3.24. The molecular weight excluding hydrogens is 304 g/mol. The number of nitrogens with zero attached hydrogens (tertiary/aromatic N) is 8. The van der Waals surface area contributed by atoms with Crippen LogP contribution in [-0.4, -0.2) is 27.1 Å². The first-order valence-electron chi connectivity index (χ1n) is 6.55. The number of rotatable bonds is 1. The van der Waals surface area contributed by atoms with E-state index in [0.717, 1.165) is 0 Å². The lowest BCUT2D eigenvalue weighted by Gasteiger charge is -2.02. The van der Waals surface area contributed by atoms with Gasteiger partial charge in [0.2, 0.25) is 0 Å². The van der Waals surface area contributed by atoms with Gasteiger partial charge in [-0.15, -0.1) is 0 Å². The first-order chi connectivity index (χ1) is 11.7. The van der Waals surface area contributed by atoms with Crippen molar-refractivity contribution >= 4 is 28.6 Å². The highest BCUT2D eigenvalue weighted by molar-refractivity contribution is 6.26. The summed E-state index contributed by atoms with van der Waals surface area (Å²) in [6.07, 6.45) is 1.48. The molecule has 0 N–H and O–H groups in total. The van der Waals surface area contributed by atoms with Crippen molar-refractivity contribution in [1.82, 2.24) is 9.55 Å². The van der Waals surface area contributed by atoms with Crippen molar-refractivity contribution in [2.75, 3.05) is 0 Å². The maximum atomic E-state index is 9.41. The highest BCUT2D eigenvalue weighted by Crippen LogP contribution is 2.22. The summed E-state index contributed by atoms with van der Waals surface area (Å²) in [5.74, 6) is 1.64. The molecule has 0 aliphatic carbocycles. The molecule has 24 heavy (non-hydrogen) atoms. The van der Waals surface area contributed by atoms with Gasteiger partial charge in [-0.2, -0.15) is 15.8 Å². The van der Waals surface area contributed by atoms with Crippen LogP contribution in [0, 0.1) is 34.0 Å². The van der Waals surface area contributed by atoms with Gasteiger partial charge in [0.1, 0.15) is 35.7 Å². The van der Waals surface area contributed by atoms with E-state index in [9.17, 15) is 10.5 Å². The predicted molar refractivity (Wildman–Crippen MR) is 85.7 cm³/mol. The van der Waals surface area contributed by atoms with Gasteiger partial charge < -0.3 is 5.41 Å². The number of para-hydroxylation sites is 2. The molecule has 8 nitrogen and oxygen atoms in total. The summed E-state index contributed by atoms with van der Waals surface area (Å²) in [5, 5.41) is 36.4. The standard InChI is InChI=1S/C16H5N8/c17-5-10(6-18)22-15-11(7-19)12(8-20)16(23-15)24-9-21-13-3-1-2-4-14(13)24/h1-4,9H/q-1. The van der Waals surface area contributed by atoms with Crippen LogP contribution in [0.2, 0.25) is 0 Å². The van der Waals surface area contributed by atoms with E-state index < -0.39 is 5.70 Å². The molecule has 1 aromatic carbocycles. The minimum absolute atomic E-state index is 0.00892. The van der Waals surface area contributed by atoms with Crippen molar-refractivity contribution in [3.05, 3.63) is 52.8 Å². The lowest BCUT2D eigenvalue weighted by Crippen LogP contribution is -2.11. The number of hydrogen-bond acceptors (Lipinski definition) is 5. The van der Waals surface area contributed by atoms with Crippen LogP contribution < -0.4 is 0 Å². The number of hydrogen-bond donors (Lipinski definition) is 0. The molecule has 0 saturated heterocycles. The summed E-state index contributed by atoms with van der Waals surface area (Å²) in [7, 11) is 0. The first kappa shape index (κ1) is 14.6. The van der Waals surface area contributed by atoms with Gasteiger partial charge in [0.25, 0.3) is 0 Å². The lowest BCUT2D eigenvalue weighted by molar-refractivity contribution is 1.17. The predicted octanol–water partition coefficient (Wildman–Crippen LogP) is 1.69. The Kier molecular flexibility index (Phi) is 3.55. The molecule has 110 valence electrons. The van der Waals surface area contributed by atoms with Gasteiger partial charge in [-0.05, 0) is 12.1 Å². The van der Waals surface area contributed by atoms with Gasteiger partial charge in [0.05, 0.1) is 11.0 Å². The Morgan fingerprint density at radius 1 is 1.12 bits per heavy atom. The molecule has 0 bridgehead atoms. The van der Waals surface area contributed by atoms with E-state index in [1.807, 2.05) is 24.3 Å². The van der Waals surface area contributed by atoms with Crippen LogP contribution in [-0.2, 0) is 0 Å². The third-order valence-corrected chi connectivity index (χ3v) is 3.24. The van der Waals surface area contributed by atoms with Crippen molar-refractivity contribution in [3.63, 3.8) is 0 Å². The molecule has 3 rings (SSSR count). The van der Waals surface area contributed by atoms with E-state index in [4.69, 9.17) is 10.7 Å². The maximum absolute atomic E-state index is 9.41. The van der Waals surface area contributed by atoms with E-state index in [2.05, 4.69) is 15.0 Å². The highest BCUT2D eigenvalue weighted by atomic mass is 15.1. The van der Waals surface area contributed by atoms with Crippen molar-refractivity contribution in [1.29, 1.82) is 15.8 Å². The summed E-state index contributed by atoms with van der Waals surface area (Å²) >= 11 is 0. The number of allylic oxidation sites excluding steroid dienone is 2. The largest absolute Gasteiger partial charge is 0.761 e. The Bertz CT molecular complexity index is 1130. The number of nitriles is 3. The van der Waals surface area contributed by atoms with Gasteiger partial charge in [0, 0.05) is 0 Å². The summed E-state index contributed by atoms with van der Waals surface area (Å²) < 4.78 is 1.56. The first-order valence-corrected chi connectivity index (χ1v) is 6.55. The molecule has 0 fully saturated rings. The Morgan fingerprint density at radius 2 is 1.88 bits per heavy atom. The second-order valence-electron chi connectivity index (χ2n) is 4.52. The molecular formula is C16H5N8-. The quantitative estimate of drug-likeness (QED) is 0.584. The smallest absolute Gasteiger partial charge is 0.175 e. The van der Waals surface area contributed by atoms with Crippen LogP contribution in [0.3, 0.4) is 0 Å². The number of aliphatic imine (C=N–C) groups is 2. The van der Waals surface area contributed by atoms with Gasteiger partial charge in [0.15, 0.2) is 17.4 Å². The van der Waals surface area contributed by atoms with E-state index >= 15 is 0 Å². The summed E-state index contributed by atoms with van der Waals surface area (Å²) in [6.45, 7) is 0. The molecule has 0 atom stereocenters. The molecule has 0 saturated carbocycles. The number of benzene rings is 1. The van der Waals surface area contributed by atoms with Gasteiger partial charge in [-0.25, -0.2) is 20.8 Å². The Balaban J connectivity index is 2.27. The van der Waals surface area contributed by atoms with Crippen LogP contribution in [0.1, 0.15) is 0 Å². The number of fused-ring (bicyclic) bond motifs is 1. The molecule has 1 aliphatic heterocycles. The average Bonchev–Trinajstić information content (AvgIpc) is 3.19. The zero-order valence-corrected chi connectivity index (χ0v) is 12.0. The van der Waals surface area contributed by atoms with Crippen molar-refractivity contribution in [2.24, 2.45) is 9.98 Å². The molecule has 2 aromatic rings. The normalized spacial score (nSPS) is 14.7. The Morgan fingerprint density at radius 3 is 2.54 bits per heavy atom. The lowest BCUT2D eigenvalue weighted by atomic mass is 10.1. The SMILES string of the molecule is N#CC(=C=[N-])N=C1N=C(n2cnc3ccccc32)C(C#N)=C1C#N. The van der Waals surface area contributed by atoms with Crippen LogP contribution in [0.15, 0.2) is 57.4 Å². The van der Waals surface area contributed by atoms with Gasteiger partial charge in [-0.3, -0.25) is 4.57 Å². The molecule has 1 aromatic heterocycles. The number of aromatic nitrogens is 2. The van der Waals surface area contributed by atoms with Crippen LogP contribution in [0.5, 0.6) is 0 Å². The second kappa shape index (κ2) is 5.82. The zero-order chi connectivity index (χ0) is 17.1. The fraction of sp³-hybridized carbons (Fsp3) is 0. The molecule has 0 unspecified atom stereocenters. The average molecular weight is 309 g/mol. The molecule has 0 spiro atoms. The zero-order valence-electron chi connectivity index (χ0n) is 12.0. The number of imidazole rings is 1. The topological polar surface area (TPSA) is 136 Å². The van der Waals surface area contributed by atoms with Gasteiger partial charge in [-0.1, -0.05) is 12.1 Å². The van der Waals surface area contributed by atoms with E-state index in [1.54, 1.807) is 28.6 Å². The van der Waals surface area contributed by atoms with Crippen LogP contribution in [0.4, 0.5) is 0 Å². The molecule has 0 amide bonds. The molecule has 0 radical (unpaired) electrons. The van der Waals surface area contributed by atoms with E-state index in [-0.39, 0.29) is 22.8 Å². The minimum Gasteiger partial charge on any atom is -0.761 e. The van der Waals surface area contributed by atoms with Crippen LogP contribution in [0.25, 0.3) is 16.4 Å². The van der Waals surface area contributed by atoms with E-state index in [1.165, 1.54) is 6.33 Å². The monoisotopic (exact) mass is 309 g/mol. The maximum Gasteiger partial charge on any atom is 0.175 e. The fourth-order valence-corrected chi connectivity index (χ4v) is 2.21. The van der Waals surface area contributed by atoms with Gasteiger partial charge >= 0.3 is 0 Å². The molecule has 8 heteroatoms. The number of amidine groups is 1. The summed E-state index contributed by atoms with van der Waals surface area (Å²) in [5.41, 5.74) is 0.869. The minimum atomic E-state index is -0.449. The summed E-state index contributed by atoms with van der Waals surface area (Å²) in [4.78, 5) is 12.1. The Hall–Kier alpha value is -4.31. The Labute approximate surface area is 135 Å². The second-order valence-corrected chi connectivity index (χ2v) is 4.52. The molecule has 2 heterocycles. The van der Waals surface area contributed by atoms with E-state index in [0.29, 0.717) is 11.0 Å². The summed E-state index contributed by atoms with van der Waals surface area (Å²) in [6, 6.07) is 12.6. The highest BCUT2D eigenvalue weighted by Gasteiger charge is 2.28.